The predicted molar refractivity (Wildman–Crippen MR) is 135 cm³/mol. The Morgan fingerprint density at radius 3 is 2.74 bits per heavy atom. The number of aryl methyl sites for hydroxylation is 1. The molecule has 34 heavy (non-hydrogen) atoms. The number of carbonyl (C=O) groups excluding carboxylic acids is 1. The first-order valence-electron chi connectivity index (χ1n) is 11.1. The highest BCUT2D eigenvalue weighted by Crippen LogP contribution is 2.34. The fourth-order valence-electron chi connectivity index (χ4n) is 4.51. The molecule has 3 aromatic carbocycles. The van der Waals surface area contributed by atoms with E-state index < -0.39 is 0 Å². The monoisotopic (exact) mass is 467 g/mol. The number of para-hydroxylation sites is 1. The summed E-state index contributed by atoms with van der Waals surface area (Å²) < 4.78 is 3.37. The maximum Gasteiger partial charge on any atom is 0.265 e. The number of hydrogen-bond donors (Lipinski definition) is 1. The average molecular weight is 468 g/mol. The third kappa shape index (κ3) is 3.38. The number of benzene rings is 3. The molecular formula is C26H21N5O2S. The van der Waals surface area contributed by atoms with E-state index in [1.54, 1.807) is 15.4 Å². The first-order chi connectivity index (χ1) is 16.6. The number of thioether (sulfide) groups is 1. The van der Waals surface area contributed by atoms with Crippen molar-refractivity contribution in [1.82, 2.24) is 19.3 Å². The van der Waals surface area contributed by atoms with Crippen molar-refractivity contribution in [2.45, 2.75) is 24.5 Å². The Kier molecular flexibility index (Phi) is 4.95. The van der Waals surface area contributed by atoms with Gasteiger partial charge in [0.25, 0.3) is 5.56 Å². The Morgan fingerprint density at radius 1 is 1.06 bits per heavy atom. The number of nitrogens with zero attached hydrogens (tertiary/aromatic N) is 4. The number of amides is 1. The van der Waals surface area contributed by atoms with Crippen LogP contribution in [0, 0.1) is 6.92 Å². The summed E-state index contributed by atoms with van der Waals surface area (Å²) in [4.78, 5) is 31.1. The molecule has 0 bridgehead atoms. The van der Waals surface area contributed by atoms with Crippen molar-refractivity contribution in [1.29, 1.82) is 0 Å². The van der Waals surface area contributed by atoms with E-state index in [1.165, 1.54) is 11.8 Å². The average Bonchev–Trinajstić information content (AvgIpc) is 3.45. The van der Waals surface area contributed by atoms with Crippen LogP contribution in [0.25, 0.3) is 27.5 Å². The molecule has 0 aliphatic carbocycles. The van der Waals surface area contributed by atoms with Crippen molar-refractivity contribution in [3.8, 4) is 5.69 Å². The van der Waals surface area contributed by atoms with Gasteiger partial charge in [0, 0.05) is 23.2 Å². The van der Waals surface area contributed by atoms with Crippen molar-refractivity contribution < 1.29 is 4.79 Å². The van der Waals surface area contributed by atoms with Crippen LogP contribution in [-0.4, -0.2) is 31.0 Å². The lowest BCUT2D eigenvalue weighted by molar-refractivity contribution is -0.116. The van der Waals surface area contributed by atoms with Crippen LogP contribution in [0.15, 0.2) is 82.9 Å². The van der Waals surface area contributed by atoms with E-state index in [9.17, 15) is 9.59 Å². The van der Waals surface area contributed by atoms with Gasteiger partial charge in [-0.3, -0.25) is 14.2 Å². The van der Waals surface area contributed by atoms with E-state index in [-0.39, 0.29) is 23.9 Å². The summed E-state index contributed by atoms with van der Waals surface area (Å²) >= 11 is 1.50. The molecule has 1 atom stereocenters. The van der Waals surface area contributed by atoms with Crippen molar-refractivity contribution >= 4 is 45.2 Å². The molecule has 6 rings (SSSR count). The lowest BCUT2D eigenvalue weighted by atomic mass is 10.1. The molecule has 0 spiro atoms. The van der Waals surface area contributed by atoms with Gasteiger partial charge in [-0.1, -0.05) is 66.4 Å². The Bertz CT molecular complexity index is 1630. The molecule has 0 radical (unpaired) electrons. The number of hydrogen-bond acceptors (Lipinski definition) is 5. The highest BCUT2D eigenvalue weighted by Gasteiger charge is 2.29. The Balaban J connectivity index is 1.31. The molecule has 168 valence electrons. The van der Waals surface area contributed by atoms with Gasteiger partial charge in [0.05, 0.1) is 17.9 Å². The topological polar surface area (TPSA) is 81.8 Å². The molecule has 1 aliphatic heterocycles. The predicted octanol–water partition coefficient (Wildman–Crippen LogP) is 4.72. The maximum absolute atomic E-state index is 13.4. The number of nitrogens with one attached hydrogen (secondary N) is 1. The van der Waals surface area contributed by atoms with Crippen LogP contribution in [0.5, 0.6) is 0 Å². The molecule has 5 aromatic rings. The van der Waals surface area contributed by atoms with Crippen LogP contribution in [0.3, 0.4) is 0 Å². The van der Waals surface area contributed by atoms with Gasteiger partial charge in [-0.2, -0.15) is 5.10 Å². The van der Waals surface area contributed by atoms with E-state index in [0.717, 1.165) is 27.7 Å². The minimum atomic E-state index is -0.263. The fourth-order valence-corrected chi connectivity index (χ4v) is 5.64. The summed E-state index contributed by atoms with van der Waals surface area (Å²) in [5, 5.41) is 10.6. The zero-order valence-corrected chi connectivity index (χ0v) is 19.2. The van der Waals surface area contributed by atoms with E-state index in [0.29, 0.717) is 21.9 Å². The van der Waals surface area contributed by atoms with Gasteiger partial charge in [0.15, 0.2) is 10.8 Å². The Morgan fingerprint density at radius 2 is 1.85 bits per heavy atom. The van der Waals surface area contributed by atoms with Crippen molar-refractivity contribution in [3.63, 3.8) is 0 Å². The first kappa shape index (κ1) is 20.7. The molecule has 0 saturated carbocycles. The summed E-state index contributed by atoms with van der Waals surface area (Å²) in [7, 11) is 0. The van der Waals surface area contributed by atoms with Crippen LogP contribution in [-0.2, 0) is 4.79 Å². The minimum Gasteiger partial charge on any atom is -0.325 e. The zero-order chi connectivity index (χ0) is 23.2. The number of rotatable bonds is 4. The van der Waals surface area contributed by atoms with Crippen LogP contribution >= 0.6 is 11.8 Å². The molecule has 2 aromatic heterocycles. The lowest BCUT2D eigenvalue weighted by Crippen LogP contribution is -2.27. The SMILES string of the molecule is Cc1ccccc1-n1ncc2c(=O)n3c(nc21)SCC3CC(=O)Nc1cccc2ccccc12. The number of carbonyl (C=O) groups is 1. The Hall–Kier alpha value is -3.91. The van der Waals surface area contributed by atoms with Crippen LogP contribution in [0.2, 0.25) is 0 Å². The molecule has 1 unspecified atom stereocenters. The number of aromatic nitrogens is 4. The standard InChI is InChI=1S/C26H21N5O2S/c1-16-7-2-5-12-22(16)31-24-20(14-27-31)25(33)30-18(15-34-26(30)29-24)13-23(32)28-21-11-6-9-17-8-3-4-10-19(17)21/h2-12,14,18H,13,15H2,1H3,(H,28,32). The van der Waals surface area contributed by atoms with Gasteiger partial charge >= 0.3 is 0 Å². The summed E-state index contributed by atoms with van der Waals surface area (Å²) in [6, 6.07) is 21.4. The summed E-state index contributed by atoms with van der Waals surface area (Å²) in [5.74, 6) is 0.493. The van der Waals surface area contributed by atoms with Gasteiger partial charge in [-0.15, -0.1) is 0 Å². The smallest absolute Gasteiger partial charge is 0.265 e. The van der Waals surface area contributed by atoms with Crippen LogP contribution < -0.4 is 10.9 Å². The maximum atomic E-state index is 13.4. The third-order valence-electron chi connectivity index (χ3n) is 6.20. The van der Waals surface area contributed by atoms with Crippen LogP contribution in [0.1, 0.15) is 18.0 Å². The molecule has 1 aliphatic rings. The lowest BCUT2D eigenvalue weighted by Gasteiger charge is -2.14. The number of fused-ring (bicyclic) bond motifs is 3. The van der Waals surface area contributed by atoms with Gasteiger partial charge in [0.2, 0.25) is 5.91 Å². The highest BCUT2D eigenvalue weighted by molar-refractivity contribution is 7.99. The molecule has 1 amide bonds. The van der Waals surface area contributed by atoms with Gasteiger partial charge in [-0.25, -0.2) is 9.67 Å². The normalized spacial score (nSPS) is 15.0. The second-order valence-electron chi connectivity index (χ2n) is 8.39. The van der Waals surface area contributed by atoms with Crippen molar-refractivity contribution in [3.05, 3.63) is 88.8 Å². The van der Waals surface area contributed by atoms with Gasteiger partial charge in [-0.05, 0) is 30.0 Å². The zero-order valence-electron chi connectivity index (χ0n) is 18.4. The second kappa shape index (κ2) is 8.14. The number of anilines is 1. The van der Waals surface area contributed by atoms with Gasteiger partial charge < -0.3 is 5.32 Å². The fraction of sp³-hybridized carbons (Fsp3) is 0.154. The van der Waals surface area contributed by atoms with Crippen molar-refractivity contribution in [2.24, 2.45) is 0 Å². The largest absolute Gasteiger partial charge is 0.325 e. The minimum absolute atomic E-state index is 0.127. The quantitative estimate of drug-likeness (QED) is 0.387. The molecule has 0 fully saturated rings. The molecule has 8 heteroatoms. The molecule has 7 nitrogen and oxygen atoms in total. The molecular weight excluding hydrogens is 446 g/mol. The highest BCUT2D eigenvalue weighted by atomic mass is 32.2. The second-order valence-corrected chi connectivity index (χ2v) is 9.38. The Labute approximate surface area is 199 Å². The van der Waals surface area contributed by atoms with Gasteiger partial charge in [0.1, 0.15) is 5.39 Å². The summed E-state index contributed by atoms with van der Waals surface area (Å²) in [6.07, 6.45) is 1.77. The van der Waals surface area contributed by atoms with E-state index in [4.69, 9.17) is 4.98 Å². The van der Waals surface area contributed by atoms with E-state index in [1.807, 2.05) is 73.7 Å². The van der Waals surface area contributed by atoms with E-state index in [2.05, 4.69) is 10.4 Å². The van der Waals surface area contributed by atoms with E-state index >= 15 is 0 Å². The molecule has 0 saturated heterocycles. The van der Waals surface area contributed by atoms with Crippen LogP contribution in [0.4, 0.5) is 5.69 Å². The first-order valence-corrected chi connectivity index (χ1v) is 12.1. The third-order valence-corrected chi connectivity index (χ3v) is 7.30. The molecule has 1 N–H and O–H groups in total. The summed E-state index contributed by atoms with van der Waals surface area (Å²) in [6.45, 7) is 2.00. The molecule has 3 heterocycles. The van der Waals surface area contributed by atoms with Crippen molar-refractivity contribution in [2.75, 3.05) is 11.1 Å². The summed E-state index contributed by atoms with van der Waals surface area (Å²) in [5.41, 5.74) is 3.09.